The molecule has 0 aromatic heterocycles. The molecule has 112 valence electrons. The zero-order valence-corrected chi connectivity index (χ0v) is 14.2. The summed E-state index contributed by atoms with van der Waals surface area (Å²) in [5.74, 6) is -0.128. The first kappa shape index (κ1) is 17.0. The molecule has 22 heavy (non-hydrogen) atoms. The molecule has 2 aromatic carbocycles. The molecule has 2 aromatic rings. The van der Waals surface area contributed by atoms with E-state index < -0.39 is 0 Å². The largest absolute Gasteiger partial charge is 0.324 e. The average molecular weight is 372 g/mol. The van der Waals surface area contributed by atoms with E-state index in [1.807, 2.05) is 6.07 Å². The molecule has 0 unspecified atom stereocenters. The van der Waals surface area contributed by atoms with Crippen LogP contribution in [0.15, 0.2) is 41.3 Å². The Morgan fingerprint density at radius 3 is 2.55 bits per heavy atom. The predicted octanol–water partition coefficient (Wildman–Crippen LogP) is 5.25. The van der Waals surface area contributed by atoms with Crippen molar-refractivity contribution >= 4 is 58.2 Å². The van der Waals surface area contributed by atoms with Gasteiger partial charge in [-0.05, 0) is 36.4 Å². The first-order valence-electron chi connectivity index (χ1n) is 6.07. The minimum absolute atomic E-state index is 0.136. The molecule has 0 saturated carbocycles. The number of amides is 1. The summed E-state index contributed by atoms with van der Waals surface area (Å²) in [5, 5.41) is 13.2. The van der Waals surface area contributed by atoms with Crippen molar-refractivity contribution in [3.05, 3.63) is 57.0 Å². The Morgan fingerprint density at radius 2 is 1.82 bits per heavy atom. The number of carbonyl (C=O) groups is 1. The highest BCUT2D eigenvalue weighted by atomic mass is 35.5. The topological polar surface area (TPSA) is 52.9 Å². The van der Waals surface area contributed by atoms with E-state index in [2.05, 4.69) is 5.32 Å². The van der Waals surface area contributed by atoms with Gasteiger partial charge in [0.2, 0.25) is 5.91 Å². The van der Waals surface area contributed by atoms with Crippen molar-refractivity contribution in [1.82, 2.24) is 0 Å². The van der Waals surface area contributed by atoms with Gasteiger partial charge in [0.1, 0.15) is 6.07 Å². The van der Waals surface area contributed by atoms with Crippen LogP contribution >= 0.6 is 46.6 Å². The van der Waals surface area contributed by atoms with Gasteiger partial charge in [0, 0.05) is 14.9 Å². The van der Waals surface area contributed by atoms with E-state index in [1.165, 1.54) is 17.8 Å². The van der Waals surface area contributed by atoms with E-state index >= 15 is 0 Å². The van der Waals surface area contributed by atoms with E-state index in [9.17, 15) is 4.79 Å². The lowest BCUT2D eigenvalue weighted by molar-refractivity contribution is -0.113. The molecule has 7 heteroatoms. The molecular weight excluding hydrogens is 363 g/mol. The highest BCUT2D eigenvalue weighted by Gasteiger charge is 2.10. The van der Waals surface area contributed by atoms with Gasteiger partial charge in [-0.25, -0.2) is 0 Å². The fourth-order valence-corrected chi connectivity index (χ4v) is 3.10. The van der Waals surface area contributed by atoms with Gasteiger partial charge in [-0.15, -0.1) is 11.8 Å². The number of carbonyl (C=O) groups excluding carboxylic acids is 1. The SMILES string of the molecule is N#Cc1ccc(Cl)cc1NC(=O)CSc1cc(Cl)ccc1Cl. The van der Waals surface area contributed by atoms with Gasteiger partial charge >= 0.3 is 0 Å². The van der Waals surface area contributed by atoms with Gasteiger partial charge in [0.25, 0.3) is 0 Å². The Kier molecular flexibility index (Phi) is 5.98. The van der Waals surface area contributed by atoms with Crippen molar-refractivity contribution in [2.45, 2.75) is 4.90 Å². The molecule has 3 nitrogen and oxygen atoms in total. The Morgan fingerprint density at radius 1 is 1.14 bits per heavy atom. The number of nitrogens with one attached hydrogen (secondary N) is 1. The summed E-state index contributed by atoms with van der Waals surface area (Å²) in [6.07, 6.45) is 0. The molecule has 0 aliphatic carbocycles. The van der Waals surface area contributed by atoms with E-state index in [0.717, 1.165) is 4.90 Å². The van der Waals surface area contributed by atoms with Crippen LogP contribution in [0.1, 0.15) is 5.56 Å². The number of thioether (sulfide) groups is 1. The molecule has 1 amide bonds. The molecule has 0 spiro atoms. The Labute approximate surface area is 147 Å². The maximum Gasteiger partial charge on any atom is 0.234 e. The first-order chi connectivity index (χ1) is 10.5. The number of halogens is 3. The van der Waals surface area contributed by atoms with Gasteiger partial charge < -0.3 is 5.32 Å². The maximum absolute atomic E-state index is 12.0. The van der Waals surface area contributed by atoms with E-state index in [0.29, 0.717) is 26.3 Å². The molecule has 1 N–H and O–H groups in total. The minimum atomic E-state index is -0.264. The van der Waals surface area contributed by atoms with Crippen molar-refractivity contribution in [2.24, 2.45) is 0 Å². The fourth-order valence-electron chi connectivity index (χ4n) is 1.63. The summed E-state index contributed by atoms with van der Waals surface area (Å²) in [6.45, 7) is 0. The predicted molar refractivity (Wildman–Crippen MR) is 92.0 cm³/mol. The summed E-state index contributed by atoms with van der Waals surface area (Å²) in [7, 11) is 0. The minimum Gasteiger partial charge on any atom is -0.324 e. The zero-order chi connectivity index (χ0) is 16.1. The van der Waals surface area contributed by atoms with Crippen LogP contribution in [0.25, 0.3) is 0 Å². The Hall–Kier alpha value is -1.38. The number of nitriles is 1. The third-order valence-electron chi connectivity index (χ3n) is 2.63. The highest BCUT2D eigenvalue weighted by Crippen LogP contribution is 2.30. The van der Waals surface area contributed by atoms with Gasteiger partial charge in [-0.3, -0.25) is 4.79 Å². The van der Waals surface area contributed by atoms with Crippen LogP contribution in [0.2, 0.25) is 15.1 Å². The zero-order valence-electron chi connectivity index (χ0n) is 11.1. The summed E-state index contributed by atoms with van der Waals surface area (Å²) >= 11 is 19.1. The normalized spacial score (nSPS) is 10.1. The molecule has 0 radical (unpaired) electrons. The molecular formula is C15H9Cl3N2OS. The molecule has 2 rings (SSSR count). The summed E-state index contributed by atoms with van der Waals surface area (Å²) < 4.78 is 0. The number of hydrogen-bond donors (Lipinski definition) is 1. The summed E-state index contributed by atoms with van der Waals surface area (Å²) in [4.78, 5) is 12.7. The average Bonchev–Trinajstić information content (AvgIpc) is 2.48. The van der Waals surface area contributed by atoms with E-state index in [4.69, 9.17) is 40.1 Å². The third kappa shape index (κ3) is 4.56. The van der Waals surface area contributed by atoms with Gasteiger partial charge in [0.15, 0.2) is 0 Å². The fraction of sp³-hybridized carbons (Fsp3) is 0.0667. The number of rotatable bonds is 4. The smallest absolute Gasteiger partial charge is 0.234 e. The van der Waals surface area contributed by atoms with Gasteiger partial charge in [0.05, 0.1) is 22.0 Å². The standard InChI is InChI=1S/C15H9Cl3N2OS/c16-10-2-1-9(7-19)13(5-10)20-15(21)8-22-14-6-11(17)3-4-12(14)18/h1-6H,8H2,(H,20,21). The van der Waals surface area contributed by atoms with Gasteiger partial charge in [-0.2, -0.15) is 5.26 Å². The van der Waals surface area contributed by atoms with Crippen molar-refractivity contribution in [1.29, 1.82) is 5.26 Å². The van der Waals surface area contributed by atoms with Crippen LogP contribution in [-0.4, -0.2) is 11.7 Å². The number of benzene rings is 2. The summed E-state index contributed by atoms with van der Waals surface area (Å²) in [5.41, 5.74) is 0.737. The Bertz CT molecular complexity index is 759. The second kappa shape index (κ2) is 7.75. The lowest BCUT2D eigenvalue weighted by Crippen LogP contribution is -2.15. The van der Waals surface area contributed by atoms with E-state index in [1.54, 1.807) is 30.3 Å². The van der Waals surface area contributed by atoms with Crippen LogP contribution in [0.5, 0.6) is 0 Å². The van der Waals surface area contributed by atoms with Crippen molar-refractivity contribution in [2.75, 3.05) is 11.1 Å². The molecule has 0 aliphatic heterocycles. The van der Waals surface area contributed by atoms with Crippen LogP contribution < -0.4 is 5.32 Å². The second-order valence-electron chi connectivity index (χ2n) is 4.21. The van der Waals surface area contributed by atoms with Crippen LogP contribution in [-0.2, 0) is 4.79 Å². The number of nitrogens with zero attached hydrogens (tertiary/aromatic N) is 1. The lowest BCUT2D eigenvalue weighted by atomic mass is 10.2. The van der Waals surface area contributed by atoms with Crippen LogP contribution in [0.3, 0.4) is 0 Å². The van der Waals surface area contributed by atoms with Crippen molar-refractivity contribution in [3.63, 3.8) is 0 Å². The van der Waals surface area contributed by atoms with Gasteiger partial charge in [-0.1, -0.05) is 34.8 Å². The lowest BCUT2D eigenvalue weighted by Gasteiger charge is -2.08. The van der Waals surface area contributed by atoms with E-state index in [-0.39, 0.29) is 11.7 Å². The Balaban J connectivity index is 2.03. The summed E-state index contributed by atoms with van der Waals surface area (Å²) in [6, 6.07) is 11.7. The number of hydrogen-bond acceptors (Lipinski definition) is 3. The highest BCUT2D eigenvalue weighted by molar-refractivity contribution is 8.00. The molecule has 0 atom stereocenters. The molecule has 0 fully saturated rings. The molecule has 0 aliphatic rings. The van der Waals surface area contributed by atoms with Crippen LogP contribution in [0, 0.1) is 11.3 Å². The molecule has 0 bridgehead atoms. The first-order valence-corrected chi connectivity index (χ1v) is 8.19. The van der Waals surface area contributed by atoms with Crippen molar-refractivity contribution < 1.29 is 4.79 Å². The monoisotopic (exact) mass is 370 g/mol. The molecule has 0 heterocycles. The maximum atomic E-state index is 12.0. The second-order valence-corrected chi connectivity index (χ2v) is 6.51. The molecule has 0 saturated heterocycles. The van der Waals surface area contributed by atoms with Crippen molar-refractivity contribution in [3.8, 4) is 6.07 Å². The number of anilines is 1. The third-order valence-corrected chi connectivity index (χ3v) is 4.60. The van der Waals surface area contributed by atoms with Crippen LogP contribution in [0.4, 0.5) is 5.69 Å². The quantitative estimate of drug-likeness (QED) is 0.747.